The number of hydrogen-bond acceptors (Lipinski definition) is 3. The molecule has 1 saturated carbocycles. The maximum Gasteiger partial charge on any atom is 0.208 e. The predicted molar refractivity (Wildman–Crippen MR) is 63.6 cm³/mol. The van der Waals surface area contributed by atoms with Gasteiger partial charge in [-0.25, -0.2) is 10.8 Å². The summed E-state index contributed by atoms with van der Waals surface area (Å²) in [4.78, 5) is 8.76. The molecule has 1 fully saturated rings. The fourth-order valence-corrected chi connectivity index (χ4v) is 1.35. The minimum Gasteiger partial charge on any atom is -0.345 e. The van der Waals surface area contributed by atoms with Crippen molar-refractivity contribution in [2.45, 2.75) is 25.3 Å². The van der Waals surface area contributed by atoms with Gasteiger partial charge in [-0.1, -0.05) is 0 Å². The number of guanidine groups is 1. The lowest BCUT2D eigenvalue weighted by molar-refractivity contribution is 0.366. The average molecular weight is 213 g/mol. The van der Waals surface area contributed by atoms with Crippen LogP contribution in [0.25, 0.3) is 0 Å². The van der Waals surface area contributed by atoms with E-state index in [-0.39, 0.29) is 0 Å². The number of aliphatic imine (C=N–C) groups is 1. The lowest BCUT2D eigenvalue weighted by Gasteiger charge is -2.21. The topological polar surface area (TPSA) is 56.9 Å². The molecule has 0 unspecified atom stereocenters. The highest BCUT2D eigenvalue weighted by atomic mass is 15.4. The molecule has 0 amide bonds. The van der Waals surface area contributed by atoms with Crippen LogP contribution in [0.4, 0.5) is 0 Å². The molecule has 0 radical (unpaired) electrons. The second-order valence-corrected chi connectivity index (χ2v) is 4.41. The van der Waals surface area contributed by atoms with E-state index in [1.807, 2.05) is 7.05 Å². The number of hydrogen-bond donors (Lipinski definition) is 2. The van der Waals surface area contributed by atoms with Gasteiger partial charge in [0.2, 0.25) is 5.96 Å². The molecule has 5 nitrogen and oxygen atoms in total. The van der Waals surface area contributed by atoms with Crippen molar-refractivity contribution in [2.24, 2.45) is 10.8 Å². The fourth-order valence-electron chi connectivity index (χ4n) is 1.35. The fraction of sp³-hybridized carbons (Fsp3) is 0.900. The van der Waals surface area contributed by atoms with E-state index in [0.717, 1.165) is 25.5 Å². The molecule has 0 spiro atoms. The molecule has 0 saturated heterocycles. The number of nitrogens with one attached hydrogen (secondary N) is 1. The Morgan fingerprint density at radius 1 is 1.33 bits per heavy atom. The molecule has 0 aromatic rings. The van der Waals surface area contributed by atoms with E-state index in [4.69, 9.17) is 5.84 Å². The Bertz CT molecular complexity index is 210. The Morgan fingerprint density at radius 2 is 2.00 bits per heavy atom. The first kappa shape index (κ1) is 12.3. The first-order valence-corrected chi connectivity index (χ1v) is 5.53. The number of hydrazine groups is 1. The molecule has 1 rings (SSSR count). The molecule has 0 aromatic heterocycles. The van der Waals surface area contributed by atoms with Crippen molar-refractivity contribution in [3.05, 3.63) is 0 Å². The van der Waals surface area contributed by atoms with Crippen molar-refractivity contribution in [1.29, 1.82) is 0 Å². The second kappa shape index (κ2) is 5.92. The summed E-state index contributed by atoms with van der Waals surface area (Å²) in [6.07, 6.45) is 3.53. The second-order valence-electron chi connectivity index (χ2n) is 4.41. The standard InChI is InChI=1S/C10H23N5/c1-14(2)7-4-8-15(3)10(13-11)12-9-5-6-9/h9H,4-8,11H2,1-3H3,(H,12,13). The molecular weight excluding hydrogens is 190 g/mol. The zero-order chi connectivity index (χ0) is 11.3. The van der Waals surface area contributed by atoms with E-state index in [9.17, 15) is 0 Å². The largest absolute Gasteiger partial charge is 0.345 e. The third kappa shape index (κ3) is 4.99. The van der Waals surface area contributed by atoms with Gasteiger partial charge < -0.3 is 9.80 Å². The van der Waals surface area contributed by atoms with Gasteiger partial charge in [0.25, 0.3) is 0 Å². The van der Waals surface area contributed by atoms with Crippen LogP contribution in [0, 0.1) is 0 Å². The van der Waals surface area contributed by atoms with Crippen molar-refractivity contribution in [1.82, 2.24) is 15.2 Å². The zero-order valence-corrected chi connectivity index (χ0v) is 10.0. The van der Waals surface area contributed by atoms with Crippen molar-refractivity contribution >= 4 is 5.96 Å². The van der Waals surface area contributed by atoms with Gasteiger partial charge in [0.1, 0.15) is 0 Å². The molecule has 0 bridgehead atoms. The molecule has 1 aliphatic rings. The third-order valence-corrected chi connectivity index (χ3v) is 2.44. The van der Waals surface area contributed by atoms with E-state index >= 15 is 0 Å². The van der Waals surface area contributed by atoms with Gasteiger partial charge in [0, 0.05) is 13.6 Å². The molecule has 0 aromatic carbocycles. The van der Waals surface area contributed by atoms with Crippen LogP contribution in [0.1, 0.15) is 19.3 Å². The van der Waals surface area contributed by atoms with Crippen LogP contribution in [0.5, 0.6) is 0 Å². The maximum absolute atomic E-state index is 5.45. The van der Waals surface area contributed by atoms with Crippen LogP contribution in [0.2, 0.25) is 0 Å². The van der Waals surface area contributed by atoms with Crippen LogP contribution < -0.4 is 11.3 Å². The van der Waals surface area contributed by atoms with Gasteiger partial charge >= 0.3 is 0 Å². The van der Waals surface area contributed by atoms with E-state index in [2.05, 4.69) is 34.3 Å². The predicted octanol–water partition coefficient (Wildman–Crippen LogP) is -0.148. The van der Waals surface area contributed by atoms with Crippen LogP contribution in [-0.2, 0) is 0 Å². The minimum atomic E-state index is 0.507. The van der Waals surface area contributed by atoms with Gasteiger partial charge in [-0.3, -0.25) is 5.43 Å². The summed E-state index contributed by atoms with van der Waals surface area (Å²) in [5.74, 6) is 6.26. The Hall–Kier alpha value is -0.810. The van der Waals surface area contributed by atoms with E-state index in [1.165, 1.54) is 12.8 Å². The van der Waals surface area contributed by atoms with Crippen molar-refractivity contribution in [2.75, 3.05) is 34.2 Å². The molecule has 3 N–H and O–H groups in total. The molecular formula is C10H23N5. The molecule has 0 aliphatic heterocycles. The first-order valence-electron chi connectivity index (χ1n) is 5.53. The van der Waals surface area contributed by atoms with E-state index < -0.39 is 0 Å². The van der Waals surface area contributed by atoms with Gasteiger partial charge in [-0.15, -0.1) is 0 Å². The average Bonchev–Trinajstić information content (AvgIpc) is 2.96. The van der Waals surface area contributed by atoms with Crippen LogP contribution >= 0.6 is 0 Å². The summed E-state index contributed by atoms with van der Waals surface area (Å²) in [7, 11) is 6.19. The molecule has 5 heteroatoms. The number of nitrogens with two attached hydrogens (primary N) is 1. The van der Waals surface area contributed by atoms with Crippen LogP contribution in [-0.4, -0.2) is 56.0 Å². The van der Waals surface area contributed by atoms with E-state index in [0.29, 0.717) is 6.04 Å². The third-order valence-electron chi connectivity index (χ3n) is 2.44. The van der Waals surface area contributed by atoms with Crippen molar-refractivity contribution in [3.8, 4) is 0 Å². The molecule has 1 aliphatic carbocycles. The van der Waals surface area contributed by atoms with Crippen LogP contribution in [0.15, 0.2) is 4.99 Å². The first-order chi connectivity index (χ1) is 7.13. The summed E-state index contributed by atoms with van der Waals surface area (Å²) >= 11 is 0. The number of nitrogens with zero attached hydrogens (tertiary/aromatic N) is 3. The highest BCUT2D eigenvalue weighted by Crippen LogP contribution is 2.23. The Labute approximate surface area is 92.3 Å². The van der Waals surface area contributed by atoms with Crippen LogP contribution in [0.3, 0.4) is 0 Å². The molecule has 15 heavy (non-hydrogen) atoms. The normalized spacial score (nSPS) is 17.0. The molecule has 0 heterocycles. The molecule has 88 valence electrons. The van der Waals surface area contributed by atoms with Gasteiger partial charge in [-0.2, -0.15) is 0 Å². The molecule has 0 atom stereocenters. The summed E-state index contributed by atoms with van der Waals surface area (Å²) in [5.41, 5.74) is 2.67. The highest BCUT2D eigenvalue weighted by Gasteiger charge is 2.21. The summed E-state index contributed by atoms with van der Waals surface area (Å²) in [6, 6.07) is 0.507. The summed E-state index contributed by atoms with van der Waals surface area (Å²) < 4.78 is 0. The quantitative estimate of drug-likeness (QED) is 0.289. The zero-order valence-electron chi connectivity index (χ0n) is 10.0. The lowest BCUT2D eigenvalue weighted by atomic mass is 10.4. The number of rotatable bonds is 5. The van der Waals surface area contributed by atoms with Crippen molar-refractivity contribution < 1.29 is 0 Å². The van der Waals surface area contributed by atoms with Crippen molar-refractivity contribution in [3.63, 3.8) is 0 Å². The van der Waals surface area contributed by atoms with Gasteiger partial charge in [0.05, 0.1) is 6.04 Å². The lowest BCUT2D eigenvalue weighted by Crippen LogP contribution is -2.43. The Kier molecular flexibility index (Phi) is 4.84. The van der Waals surface area contributed by atoms with E-state index in [1.54, 1.807) is 0 Å². The van der Waals surface area contributed by atoms with Gasteiger partial charge in [-0.05, 0) is 39.9 Å². The highest BCUT2D eigenvalue weighted by molar-refractivity contribution is 5.79. The monoisotopic (exact) mass is 213 g/mol. The van der Waals surface area contributed by atoms with Gasteiger partial charge in [0.15, 0.2) is 0 Å². The SMILES string of the molecule is CN(C)CCCN(C)C(=NC1CC1)NN. The smallest absolute Gasteiger partial charge is 0.208 e. The maximum atomic E-state index is 5.45. The minimum absolute atomic E-state index is 0.507. The Balaban J connectivity index is 2.26. The summed E-state index contributed by atoms with van der Waals surface area (Å²) in [5, 5.41) is 0. The Morgan fingerprint density at radius 3 is 2.47 bits per heavy atom. The summed E-state index contributed by atoms with van der Waals surface area (Å²) in [6.45, 7) is 2.07.